The minimum absolute atomic E-state index is 0.330. The van der Waals surface area contributed by atoms with E-state index in [0.29, 0.717) is 23.7 Å². The molecular weight excluding hydrogens is 399 g/mol. The number of rotatable bonds is 5. The molecule has 31 heavy (non-hydrogen) atoms. The number of benzene rings is 2. The van der Waals surface area contributed by atoms with Crippen LogP contribution in [0.25, 0.3) is 16.8 Å². The molecule has 0 atom stereocenters. The molecule has 0 saturated heterocycles. The maximum absolute atomic E-state index is 13.3. The van der Waals surface area contributed by atoms with Crippen LogP contribution in [0.1, 0.15) is 48.0 Å². The molecule has 0 aliphatic carbocycles. The lowest BCUT2D eigenvalue weighted by atomic mass is 9.91. The predicted octanol–water partition coefficient (Wildman–Crippen LogP) is 6.91. The highest BCUT2D eigenvalue weighted by Crippen LogP contribution is 2.33. The summed E-state index contributed by atoms with van der Waals surface area (Å²) < 4.78 is 40.9. The van der Waals surface area contributed by atoms with E-state index >= 15 is 0 Å². The van der Waals surface area contributed by atoms with Gasteiger partial charge in [0.05, 0.1) is 11.4 Å². The van der Waals surface area contributed by atoms with Crippen molar-refractivity contribution >= 4 is 0 Å². The van der Waals surface area contributed by atoms with E-state index in [1.54, 1.807) is 19.1 Å². The van der Waals surface area contributed by atoms with Crippen molar-refractivity contribution in [3.8, 4) is 16.8 Å². The second kappa shape index (κ2) is 8.10. The van der Waals surface area contributed by atoms with E-state index in [-0.39, 0.29) is 0 Å². The lowest BCUT2D eigenvalue weighted by molar-refractivity contribution is -0.142. The fourth-order valence-electron chi connectivity index (χ4n) is 3.91. The van der Waals surface area contributed by atoms with Gasteiger partial charge in [-0.2, -0.15) is 18.3 Å². The second-order valence-corrected chi connectivity index (χ2v) is 8.04. The summed E-state index contributed by atoms with van der Waals surface area (Å²) in [5.74, 6) is 0.401. The minimum Gasteiger partial charge on any atom is -0.364 e. The Labute approximate surface area is 179 Å². The first-order valence-electron chi connectivity index (χ1n) is 10.2. The number of hydrogen-bond donors (Lipinski definition) is 1. The Hall–Kier alpha value is -3.28. The number of hydrogen-bond acceptors (Lipinski definition) is 1. The van der Waals surface area contributed by atoms with Gasteiger partial charge in [-0.1, -0.05) is 50.2 Å². The van der Waals surface area contributed by atoms with Gasteiger partial charge in [0.1, 0.15) is 5.69 Å². The Bertz CT molecular complexity index is 1180. The van der Waals surface area contributed by atoms with Crippen molar-refractivity contribution in [2.75, 3.05) is 0 Å². The van der Waals surface area contributed by atoms with E-state index in [2.05, 4.69) is 48.2 Å². The molecule has 0 amide bonds. The first-order valence-corrected chi connectivity index (χ1v) is 10.2. The molecule has 0 aliphatic rings. The van der Waals surface area contributed by atoms with Crippen molar-refractivity contribution in [2.45, 2.75) is 39.3 Å². The molecule has 0 radical (unpaired) electrons. The largest absolute Gasteiger partial charge is 0.433 e. The van der Waals surface area contributed by atoms with E-state index in [1.165, 1.54) is 11.1 Å². The number of nitrogens with one attached hydrogen (secondary N) is 1. The number of aryl methyl sites for hydroxylation is 1. The SMILES string of the molecule is Cc1cc(C(F)(F)F)n(-c2ccc(Cc3[nH]ccc3-c3ccccc3C(C)C)cc2)n1. The fourth-order valence-corrected chi connectivity index (χ4v) is 3.91. The normalized spacial score (nSPS) is 12.0. The van der Waals surface area contributed by atoms with Crippen LogP contribution in [0.5, 0.6) is 0 Å². The van der Waals surface area contributed by atoms with Crippen LogP contribution in [0.15, 0.2) is 66.9 Å². The Balaban J connectivity index is 1.63. The summed E-state index contributed by atoms with van der Waals surface area (Å²) >= 11 is 0. The van der Waals surface area contributed by atoms with E-state index in [4.69, 9.17) is 0 Å². The molecule has 2 heterocycles. The number of halogens is 3. The van der Waals surface area contributed by atoms with Crippen molar-refractivity contribution in [1.29, 1.82) is 0 Å². The van der Waals surface area contributed by atoms with E-state index in [9.17, 15) is 13.2 Å². The Morgan fingerprint density at radius 3 is 2.35 bits per heavy atom. The van der Waals surface area contributed by atoms with Crippen molar-refractivity contribution in [1.82, 2.24) is 14.8 Å². The summed E-state index contributed by atoms with van der Waals surface area (Å²) in [5.41, 5.74) is 5.67. The third-order valence-electron chi connectivity index (χ3n) is 5.39. The molecule has 4 aromatic rings. The molecule has 2 aromatic heterocycles. The third-order valence-corrected chi connectivity index (χ3v) is 5.39. The number of H-pyrrole nitrogens is 1. The maximum Gasteiger partial charge on any atom is 0.433 e. The molecule has 0 bridgehead atoms. The number of aromatic nitrogens is 3. The molecule has 4 rings (SSSR count). The van der Waals surface area contributed by atoms with Crippen LogP contribution in [0.2, 0.25) is 0 Å². The summed E-state index contributed by atoms with van der Waals surface area (Å²) in [6.45, 7) is 5.91. The van der Waals surface area contributed by atoms with Gasteiger partial charge in [-0.3, -0.25) is 0 Å². The summed E-state index contributed by atoms with van der Waals surface area (Å²) in [5, 5.41) is 4.02. The van der Waals surface area contributed by atoms with Gasteiger partial charge in [0.15, 0.2) is 0 Å². The molecule has 0 fully saturated rings. The molecule has 1 N–H and O–H groups in total. The summed E-state index contributed by atoms with van der Waals surface area (Å²) in [6, 6.07) is 18.6. The summed E-state index contributed by atoms with van der Waals surface area (Å²) in [4.78, 5) is 3.33. The smallest absolute Gasteiger partial charge is 0.364 e. The molecule has 6 heteroatoms. The number of aromatic amines is 1. The van der Waals surface area contributed by atoms with Gasteiger partial charge in [0.25, 0.3) is 0 Å². The van der Waals surface area contributed by atoms with Gasteiger partial charge in [0.2, 0.25) is 0 Å². The van der Waals surface area contributed by atoms with Crippen molar-refractivity contribution in [3.05, 3.63) is 95.1 Å². The van der Waals surface area contributed by atoms with Gasteiger partial charge in [-0.05, 0) is 53.8 Å². The van der Waals surface area contributed by atoms with E-state index in [1.807, 2.05) is 24.4 Å². The average Bonchev–Trinajstić information content (AvgIpc) is 3.35. The Morgan fingerprint density at radius 2 is 1.68 bits per heavy atom. The van der Waals surface area contributed by atoms with Gasteiger partial charge < -0.3 is 4.98 Å². The van der Waals surface area contributed by atoms with E-state index < -0.39 is 11.9 Å². The first-order chi connectivity index (χ1) is 14.7. The zero-order chi connectivity index (χ0) is 22.2. The lowest BCUT2D eigenvalue weighted by Gasteiger charge is -2.14. The van der Waals surface area contributed by atoms with Crippen LogP contribution in [-0.4, -0.2) is 14.8 Å². The molecule has 2 aromatic carbocycles. The van der Waals surface area contributed by atoms with Crippen LogP contribution in [0.4, 0.5) is 13.2 Å². The van der Waals surface area contributed by atoms with Crippen molar-refractivity contribution in [2.24, 2.45) is 0 Å². The fraction of sp³-hybridized carbons (Fsp3) is 0.240. The Morgan fingerprint density at radius 1 is 0.968 bits per heavy atom. The highest BCUT2D eigenvalue weighted by Gasteiger charge is 2.35. The average molecular weight is 423 g/mol. The molecule has 3 nitrogen and oxygen atoms in total. The van der Waals surface area contributed by atoms with Crippen LogP contribution in [-0.2, 0) is 12.6 Å². The van der Waals surface area contributed by atoms with Gasteiger partial charge >= 0.3 is 6.18 Å². The quantitative estimate of drug-likeness (QED) is 0.372. The summed E-state index contributed by atoms with van der Waals surface area (Å²) in [7, 11) is 0. The first kappa shape index (κ1) is 21.0. The third kappa shape index (κ3) is 4.29. The zero-order valence-corrected chi connectivity index (χ0v) is 17.7. The Kier molecular flexibility index (Phi) is 5.48. The van der Waals surface area contributed by atoms with Gasteiger partial charge in [-0.15, -0.1) is 0 Å². The van der Waals surface area contributed by atoms with Crippen LogP contribution >= 0.6 is 0 Å². The minimum atomic E-state index is -4.46. The topological polar surface area (TPSA) is 33.6 Å². The molecule has 160 valence electrons. The van der Waals surface area contributed by atoms with Crippen LogP contribution < -0.4 is 0 Å². The standard InChI is InChI=1S/C25H24F3N3/c1-16(2)20-6-4-5-7-21(20)22-12-13-29-23(22)15-18-8-10-19(11-9-18)31-24(25(26,27)28)14-17(3)30-31/h4-14,16,29H,15H2,1-3H3. The second-order valence-electron chi connectivity index (χ2n) is 8.04. The molecule has 0 spiro atoms. The molecule has 0 aliphatic heterocycles. The van der Waals surface area contributed by atoms with Gasteiger partial charge in [0, 0.05) is 23.9 Å². The number of nitrogens with zero attached hydrogens (tertiary/aromatic N) is 2. The lowest BCUT2D eigenvalue weighted by Crippen LogP contribution is -2.13. The monoisotopic (exact) mass is 423 g/mol. The summed E-state index contributed by atoms with van der Waals surface area (Å²) in [6.07, 6.45) is -1.87. The molecule has 0 saturated carbocycles. The zero-order valence-electron chi connectivity index (χ0n) is 17.7. The van der Waals surface area contributed by atoms with Crippen LogP contribution in [0, 0.1) is 6.92 Å². The van der Waals surface area contributed by atoms with Crippen LogP contribution in [0.3, 0.4) is 0 Å². The van der Waals surface area contributed by atoms with Gasteiger partial charge in [-0.25, -0.2) is 4.68 Å². The predicted molar refractivity (Wildman–Crippen MR) is 116 cm³/mol. The van der Waals surface area contributed by atoms with Crippen molar-refractivity contribution in [3.63, 3.8) is 0 Å². The van der Waals surface area contributed by atoms with E-state index in [0.717, 1.165) is 27.6 Å². The molecular formula is C25H24F3N3. The number of alkyl halides is 3. The maximum atomic E-state index is 13.3. The van der Waals surface area contributed by atoms with Crippen molar-refractivity contribution < 1.29 is 13.2 Å². The molecule has 0 unspecified atom stereocenters. The highest BCUT2D eigenvalue weighted by molar-refractivity contribution is 5.71. The highest BCUT2D eigenvalue weighted by atomic mass is 19.4.